The first kappa shape index (κ1) is 14.6. The first-order valence-corrected chi connectivity index (χ1v) is 9.06. The van der Waals surface area contributed by atoms with E-state index in [-0.39, 0.29) is 6.04 Å². The number of anilines is 1. The smallest absolute Gasteiger partial charge is 0.214 e. The van der Waals surface area contributed by atoms with Crippen molar-refractivity contribution in [3.8, 4) is 11.3 Å². The van der Waals surface area contributed by atoms with Crippen molar-refractivity contribution < 1.29 is 0 Å². The summed E-state index contributed by atoms with van der Waals surface area (Å²) in [4.78, 5) is 9.95. The summed E-state index contributed by atoms with van der Waals surface area (Å²) in [5.41, 5.74) is 2.06. The van der Waals surface area contributed by atoms with Gasteiger partial charge in [-0.15, -0.1) is 5.10 Å². The average molecular weight is 351 g/mol. The van der Waals surface area contributed by atoms with Crippen molar-refractivity contribution in [3.05, 3.63) is 54.7 Å². The molecule has 25 heavy (non-hydrogen) atoms. The number of aromatic nitrogens is 5. The van der Waals surface area contributed by atoms with Gasteiger partial charge in [-0.3, -0.25) is 0 Å². The fraction of sp³-hybridized carbons (Fsp3) is 0.235. The zero-order chi connectivity index (χ0) is 16.6. The van der Waals surface area contributed by atoms with Crippen molar-refractivity contribution in [2.24, 2.45) is 0 Å². The van der Waals surface area contributed by atoms with Crippen molar-refractivity contribution in [2.75, 3.05) is 11.9 Å². The Morgan fingerprint density at radius 3 is 3.04 bits per heavy atom. The van der Waals surface area contributed by atoms with E-state index in [2.05, 4.69) is 37.4 Å². The van der Waals surface area contributed by atoms with Gasteiger partial charge in [-0.1, -0.05) is 41.7 Å². The van der Waals surface area contributed by atoms with Gasteiger partial charge in [0.15, 0.2) is 0 Å². The molecule has 0 radical (unpaired) electrons. The van der Waals surface area contributed by atoms with E-state index in [1.54, 1.807) is 11.3 Å². The highest BCUT2D eigenvalue weighted by atomic mass is 32.1. The summed E-state index contributed by atoms with van der Waals surface area (Å²) in [5, 5.41) is 12.5. The summed E-state index contributed by atoms with van der Waals surface area (Å²) in [6.07, 6.45) is 5.85. The van der Waals surface area contributed by atoms with E-state index in [4.69, 9.17) is 4.98 Å². The normalized spacial score (nSPS) is 17.4. The van der Waals surface area contributed by atoms with E-state index >= 15 is 0 Å². The number of hydrogen-bond donors (Lipinski definition) is 2. The molecule has 1 unspecified atom stereocenters. The lowest BCUT2D eigenvalue weighted by Gasteiger charge is -2.15. The van der Waals surface area contributed by atoms with Crippen LogP contribution in [0.2, 0.25) is 0 Å². The molecule has 0 saturated heterocycles. The molecule has 0 amide bonds. The molecule has 3 aromatic heterocycles. The van der Waals surface area contributed by atoms with Gasteiger partial charge in [0.25, 0.3) is 0 Å². The third kappa shape index (κ3) is 2.79. The van der Waals surface area contributed by atoms with E-state index in [0.717, 1.165) is 46.8 Å². The maximum absolute atomic E-state index is 4.69. The number of nitrogens with one attached hydrogen (secondary N) is 2. The topological polar surface area (TPSA) is 72.1 Å². The molecule has 0 spiro atoms. The van der Waals surface area contributed by atoms with Gasteiger partial charge in [0.05, 0.1) is 24.5 Å². The Hall–Kier alpha value is -2.71. The fourth-order valence-corrected chi connectivity index (χ4v) is 3.97. The van der Waals surface area contributed by atoms with Crippen molar-refractivity contribution >= 4 is 21.4 Å². The molecular weight excluding hydrogens is 334 g/mol. The predicted molar refractivity (Wildman–Crippen MR) is 97.6 cm³/mol. The Balaban J connectivity index is 1.36. The zero-order valence-corrected chi connectivity index (χ0v) is 14.3. The van der Waals surface area contributed by atoms with Gasteiger partial charge in [0, 0.05) is 31.0 Å². The summed E-state index contributed by atoms with van der Waals surface area (Å²) in [7, 11) is 0. The van der Waals surface area contributed by atoms with Crippen LogP contribution in [0.25, 0.3) is 16.2 Å². The number of imidazole rings is 2. The summed E-state index contributed by atoms with van der Waals surface area (Å²) >= 11 is 1.57. The van der Waals surface area contributed by atoms with Crippen LogP contribution in [0.5, 0.6) is 0 Å². The van der Waals surface area contributed by atoms with Crippen molar-refractivity contribution in [2.45, 2.75) is 19.1 Å². The second-order valence-corrected chi connectivity index (χ2v) is 7.05. The minimum atomic E-state index is 0.264. The number of fused-ring (bicyclic) bond motifs is 2. The van der Waals surface area contributed by atoms with E-state index in [1.165, 1.54) is 0 Å². The van der Waals surface area contributed by atoms with E-state index in [1.807, 2.05) is 41.3 Å². The second kappa shape index (κ2) is 5.98. The van der Waals surface area contributed by atoms with Gasteiger partial charge in [0.1, 0.15) is 5.82 Å². The summed E-state index contributed by atoms with van der Waals surface area (Å²) in [6, 6.07) is 10.4. The monoisotopic (exact) mass is 351 g/mol. The summed E-state index contributed by atoms with van der Waals surface area (Å²) in [5.74, 6) is 1.07. The molecular formula is C17H17N7S. The molecule has 0 fully saturated rings. The SMILES string of the molecule is c1ccc(-c2cn3nc(NC4CNCc5nccn5C4)sc3n2)cc1. The molecule has 2 N–H and O–H groups in total. The van der Waals surface area contributed by atoms with E-state index < -0.39 is 0 Å². The van der Waals surface area contributed by atoms with Crippen LogP contribution < -0.4 is 10.6 Å². The van der Waals surface area contributed by atoms with Crippen LogP contribution in [-0.2, 0) is 13.1 Å². The van der Waals surface area contributed by atoms with Crippen LogP contribution in [-0.4, -0.2) is 36.7 Å². The van der Waals surface area contributed by atoms with Crippen LogP contribution in [0.1, 0.15) is 5.82 Å². The molecule has 5 rings (SSSR count). The lowest BCUT2D eigenvalue weighted by molar-refractivity contribution is 0.579. The maximum atomic E-state index is 4.69. The van der Waals surface area contributed by atoms with Crippen molar-refractivity contribution in [3.63, 3.8) is 0 Å². The molecule has 126 valence electrons. The van der Waals surface area contributed by atoms with Gasteiger partial charge in [-0.25, -0.2) is 14.5 Å². The van der Waals surface area contributed by atoms with Crippen LogP contribution in [0, 0.1) is 0 Å². The Kier molecular flexibility index (Phi) is 3.50. The van der Waals surface area contributed by atoms with Crippen LogP contribution in [0.3, 0.4) is 0 Å². The average Bonchev–Trinajstić information content (AvgIpc) is 3.28. The minimum absolute atomic E-state index is 0.264. The number of benzene rings is 1. The van der Waals surface area contributed by atoms with Gasteiger partial charge < -0.3 is 15.2 Å². The Morgan fingerprint density at radius 2 is 2.16 bits per heavy atom. The lowest BCUT2D eigenvalue weighted by atomic mass is 10.2. The lowest BCUT2D eigenvalue weighted by Crippen LogP contribution is -2.33. The molecule has 1 aromatic carbocycles. The van der Waals surface area contributed by atoms with Crippen LogP contribution >= 0.6 is 11.3 Å². The van der Waals surface area contributed by atoms with Gasteiger partial charge in [-0.2, -0.15) is 0 Å². The zero-order valence-electron chi connectivity index (χ0n) is 13.5. The molecule has 0 aliphatic carbocycles. The fourth-order valence-electron chi connectivity index (χ4n) is 3.11. The second-order valence-electron chi connectivity index (χ2n) is 6.09. The predicted octanol–water partition coefficient (Wildman–Crippen LogP) is 2.24. The third-order valence-corrected chi connectivity index (χ3v) is 5.19. The standard InChI is InChI=1S/C17H17N7S/c1-2-4-12(5-3-1)14-11-24-17(21-14)25-16(22-24)20-13-8-18-9-15-19-6-7-23(15)10-13/h1-7,11,13,18H,8-10H2,(H,20,22). The molecule has 7 nitrogen and oxygen atoms in total. The molecule has 4 heterocycles. The minimum Gasteiger partial charge on any atom is -0.354 e. The van der Waals surface area contributed by atoms with Crippen LogP contribution in [0.4, 0.5) is 5.13 Å². The van der Waals surface area contributed by atoms with Gasteiger partial charge in [-0.05, 0) is 0 Å². The van der Waals surface area contributed by atoms with E-state index in [9.17, 15) is 0 Å². The van der Waals surface area contributed by atoms with Crippen LogP contribution in [0.15, 0.2) is 48.9 Å². The highest BCUT2D eigenvalue weighted by molar-refractivity contribution is 7.20. The maximum Gasteiger partial charge on any atom is 0.214 e. The van der Waals surface area contributed by atoms with Crippen molar-refractivity contribution in [1.82, 2.24) is 29.5 Å². The highest BCUT2D eigenvalue weighted by Crippen LogP contribution is 2.25. The first-order chi connectivity index (χ1) is 12.3. The van der Waals surface area contributed by atoms with Gasteiger partial charge in [0.2, 0.25) is 10.1 Å². The molecule has 0 saturated carbocycles. The number of rotatable bonds is 3. The molecule has 4 aromatic rings. The molecule has 1 aliphatic heterocycles. The third-order valence-electron chi connectivity index (χ3n) is 4.33. The van der Waals surface area contributed by atoms with Gasteiger partial charge >= 0.3 is 0 Å². The number of nitrogens with zero attached hydrogens (tertiary/aromatic N) is 5. The number of hydrogen-bond acceptors (Lipinski definition) is 6. The Bertz CT molecular complexity index is 969. The quantitative estimate of drug-likeness (QED) is 0.592. The molecule has 8 heteroatoms. The Labute approximate surface area is 148 Å². The first-order valence-electron chi connectivity index (χ1n) is 8.24. The summed E-state index contributed by atoms with van der Waals surface area (Å²) < 4.78 is 4.03. The highest BCUT2D eigenvalue weighted by Gasteiger charge is 2.18. The molecule has 1 aliphatic rings. The van der Waals surface area contributed by atoms with E-state index in [0.29, 0.717) is 0 Å². The largest absolute Gasteiger partial charge is 0.354 e. The summed E-state index contributed by atoms with van der Waals surface area (Å²) in [6.45, 7) is 2.55. The Morgan fingerprint density at radius 1 is 1.24 bits per heavy atom. The molecule has 1 atom stereocenters. The van der Waals surface area contributed by atoms with Crippen molar-refractivity contribution in [1.29, 1.82) is 0 Å². The molecule has 0 bridgehead atoms.